The quantitative estimate of drug-likeness (QED) is 0.869. The highest BCUT2D eigenvalue weighted by Crippen LogP contribution is 2.30. The predicted molar refractivity (Wildman–Crippen MR) is 81.0 cm³/mol. The number of ether oxygens (including phenoxy) is 1. The van der Waals surface area contributed by atoms with E-state index >= 15 is 0 Å². The lowest BCUT2D eigenvalue weighted by molar-refractivity contribution is -0.115. The molecule has 1 fully saturated rings. The highest BCUT2D eigenvalue weighted by atomic mass is 16.5. The Bertz CT molecular complexity index is 444. The van der Waals surface area contributed by atoms with E-state index in [1.165, 1.54) is 6.42 Å². The van der Waals surface area contributed by atoms with Gasteiger partial charge < -0.3 is 15.4 Å². The Hall–Kier alpha value is -1.55. The van der Waals surface area contributed by atoms with Gasteiger partial charge in [0, 0.05) is 11.7 Å². The predicted octanol–water partition coefficient (Wildman–Crippen LogP) is 2.66. The van der Waals surface area contributed by atoms with E-state index < -0.39 is 0 Å². The molecular formula is C16H24N2O2. The summed E-state index contributed by atoms with van der Waals surface area (Å²) in [6, 6.07) is 7.83. The molecule has 2 N–H and O–H groups in total. The van der Waals surface area contributed by atoms with E-state index in [0.29, 0.717) is 18.5 Å². The first kappa shape index (κ1) is 14.9. The molecule has 0 bridgehead atoms. The van der Waals surface area contributed by atoms with Crippen LogP contribution < -0.4 is 15.4 Å². The monoisotopic (exact) mass is 276 g/mol. The van der Waals surface area contributed by atoms with E-state index in [2.05, 4.69) is 24.5 Å². The van der Waals surface area contributed by atoms with Crippen LogP contribution in [0.15, 0.2) is 24.3 Å². The smallest absolute Gasteiger partial charge is 0.238 e. The molecule has 1 aromatic carbocycles. The summed E-state index contributed by atoms with van der Waals surface area (Å²) in [6.45, 7) is 4.91. The first-order valence-corrected chi connectivity index (χ1v) is 7.27. The molecule has 20 heavy (non-hydrogen) atoms. The number of carbonyl (C=O) groups excluding carboxylic acids is 1. The molecule has 1 amide bonds. The van der Waals surface area contributed by atoms with Crippen molar-refractivity contribution in [2.75, 3.05) is 19.0 Å². The van der Waals surface area contributed by atoms with Gasteiger partial charge in [-0.3, -0.25) is 4.79 Å². The van der Waals surface area contributed by atoms with E-state index in [1.54, 1.807) is 7.11 Å². The summed E-state index contributed by atoms with van der Waals surface area (Å²) in [5, 5.41) is 6.25. The minimum absolute atomic E-state index is 0.00178. The average Bonchev–Trinajstić information content (AvgIpc) is 2.77. The molecule has 110 valence electrons. The zero-order valence-electron chi connectivity index (χ0n) is 12.5. The Kier molecular flexibility index (Phi) is 5.01. The molecule has 2 rings (SSSR count). The van der Waals surface area contributed by atoms with Gasteiger partial charge in [-0.05, 0) is 48.9 Å². The fourth-order valence-corrected chi connectivity index (χ4v) is 2.76. The van der Waals surface area contributed by atoms with Crippen molar-refractivity contribution in [2.45, 2.75) is 32.7 Å². The second-order valence-corrected chi connectivity index (χ2v) is 5.68. The summed E-state index contributed by atoms with van der Waals surface area (Å²) < 4.78 is 5.09. The van der Waals surface area contributed by atoms with Crippen LogP contribution in [0.4, 0.5) is 5.69 Å². The lowest BCUT2D eigenvalue weighted by atomic mass is 9.98. The van der Waals surface area contributed by atoms with Crippen molar-refractivity contribution in [3.63, 3.8) is 0 Å². The van der Waals surface area contributed by atoms with Crippen molar-refractivity contribution in [1.82, 2.24) is 5.32 Å². The molecule has 3 unspecified atom stereocenters. The Morgan fingerprint density at radius 1 is 1.25 bits per heavy atom. The van der Waals surface area contributed by atoms with E-state index in [-0.39, 0.29) is 5.91 Å². The Morgan fingerprint density at radius 3 is 2.50 bits per heavy atom. The van der Waals surface area contributed by atoms with Crippen molar-refractivity contribution < 1.29 is 9.53 Å². The molecular weight excluding hydrogens is 252 g/mol. The lowest BCUT2D eigenvalue weighted by Crippen LogP contribution is -2.38. The van der Waals surface area contributed by atoms with Gasteiger partial charge in [-0.2, -0.15) is 0 Å². The van der Waals surface area contributed by atoms with Crippen LogP contribution in [0.25, 0.3) is 0 Å². The summed E-state index contributed by atoms with van der Waals surface area (Å²) in [5.41, 5.74) is 0.797. The van der Waals surface area contributed by atoms with Crippen LogP contribution >= 0.6 is 0 Å². The molecule has 1 aliphatic rings. The summed E-state index contributed by atoms with van der Waals surface area (Å²) in [7, 11) is 1.63. The van der Waals surface area contributed by atoms with Crippen molar-refractivity contribution >= 4 is 11.6 Å². The number of methoxy groups -OCH3 is 1. The summed E-state index contributed by atoms with van der Waals surface area (Å²) in [6.07, 6.45) is 2.41. The molecule has 0 radical (unpaired) electrons. The topological polar surface area (TPSA) is 50.4 Å². The normalized spacial score (nSPS) is 25.4. The molecule has 4 heteroatoms. The standard InChI is InChI=1S/C16H24N2O2/c1-11-4-9-15(12(11)2)17-10-16(19)18-13-5-7-14(20-3)8-6-13/h5-8,11-12,15,17H,4,9-10H2,1-3H3,(H,18,19). The zero-order valence-corrected chi connectivity index (χ0v) is 12.5. The second-order valence-electron chi connectivity index (χ2n) is 5.68. The van der Waals surface area contributed by atoms with Crippen LogP contribution in [0.5, 0.6) is 5.75 Å². The molecule has 3 atom stereocenters. The summed E-state index contributed by atoms with van der Waals surface area (Å²) >= 11 is 0. The van der Waals surface area contributed by atoms with Gasteiger partial charge in [-0.25, -0.2) is 0 Å². The Morgan fingerprint density at radius 2 is 1.95 bits per heavy atom. The van der Waals surface area contributed by atoms with Gasteiger partial charge in [0.25, 0.3) is 0 Å². The average molecular weight is 276 g/mol. The van der Waals surface area contributed by atoms with Crippen molar-refractivity contribution in [1.29, 1.82) is 0 Å². The molecule has 0 spiro atoms. The summed E-state index contributed by atoms with van der Waals surface area (Å²) in [5.74, 6) is 2.18. The number of benzene rings is 1. The maximum Gasteiger partial charge on any atom is 0.238 e. The van der Waals surface area contributed by atoms with E-state index in [1.807, 2.05) is 24.3 Å². The van der Waals surface area contributed by atoms with Crippen molar-refractivity contribution in [2.24, 2.45) is 11.8 Å². The van der Waals surface area contributed by atoms with Crippen LogP contribution in [0.1, 0.15) is 26.7 Å². The first-order chi connectivity index (χ1) is 9.60. The molecule has 0 aliphatic heterocycles. The van der Waals surface area contributed by atoms with Gasteiger partial charge in [-0.15, -0.1) is 0 Å². The Balaban J connectivity index is 1.77. The molecule has 4 nitrogen and oxygen atoms in total. The first-order valence-electron chi connectivity index (χ1n) is 7.27. The highest BCUT2D eigenvalue weighted by Gasteiger charge is 2.29. The van der Waals surface area contributed by atoms with Crippen LogP contribution in [0, 0.1) is 11.8 Å². The number of rotatable bonds is 5. The minimum Gasteiger partial charge on any atom is -0.497 e. The number of nitrogens with one attached hydrogen (secondary N) is 2. The fraction of sp³-hybridized carbons (Fsp3) is 0.562. The van der Waals surface area contributed by atoms with Crippen molar-refractivity contribution in [3.8, 4) is 5.75 Å². The number of anilines is 1. The SMILES string of the molecule is COc1ccc(NC(=O)CNC2CCC(C)C2C)cc1. The summed E-state index contributed by atoms with van der Waals surface area (Å²) in [4.78, 5) is 11.9. The molecule has 1 aliphatic carbocycles. The van der Waals surface area contributed by atoms with Crippen LogP contribution in [-0.4, -0.2) is 25.6 Å². The van der Waals surface area contributed by atoms with Crippen molar-refractivity contribution in [3.05, 3.63) is 24.3 Å². The fourth-order valence-electron chi connectivity index (χ4n) is 2.76. The molecule has 0 aromatic heterocycles. The van der Waals surface area contributed by atoms with Gasteiger partial charge in [0.1, 0.15) is 5.75 Å². The van der Waals surface area contributed by atoms with Gasteiger partial charge in [0.05, 0.1) is 13.7 Å². The molecule has 1 saturated carbocycles. The van der Waals surface area contributed by atoms with Crippen LogP contribution in [0.3, 0.4) is 0 Å². The Labute approximate surface area is 120 Å². The third-order valence-corrected chi connectivity index (χ3v) is 4.36. The highest BCUT2D eigenvalue weighted by molar-refractivity contribution is 5.92. The lowest BCUT2D eigenvalue weighted by Gasteiger charge is -2.19. The zero-order chi connectivity index (χ0) is 14.5. The number of carbonyl (C=O) groups is 1. The third-order valence-electron chi connectivity index (χ3n) is 4.36. The maximum atomic E-state index is 11.9. The minimum atomic E-state index is 0.00178. The third kappa shape index (κ3) is 3.73. The number of hydrogen-bond donors (Lipinski definition) is 2. The maximum absolute atomic E-state index is 11.9. The van der Waals surface area contributed by atoms with E-state index in [4.69, 9.17) is 4.74 Å². The van der Waals surface area contributed by atoms with Crippen LogP contribution in [-0.2, 0) is 4.79 Å². The van der Waals surface area contributed by atoms with Gasteiger partial charge in [0.15, 0.2) is 0 Å². The molecule has 1 aromatic rings. The van der Waals surface area contributed by atoms with Crippen LogP contribution in [0.2, 0.25) is 0 Å². The van der Waals surface area contributed by atoms with E-state index in [0.717, 1.165) is 23.8 Å². The molecule has 0 heterocycles. The van der Waals surface area contributed by atoms with Gasteiger partial charge >= 0.3 is 0 Å². The van der Waals surface area contributed by atoms with E-state index in [9.17, 15) is 4.79 Å². The molecule has 0 saturated heterocycles. The van der Waals surface area contributed by atoms with Gasteiger partial charge in [-0.1, -0.05) is 13.8 Å². The number of amides is 1. The number of hydrogen-bond acceptors (Lipinski definition) is 3. The second kappa shape index (κ2) is 6.75. The largest absolute Gasteiger partial charge is 0.497 e. The van der Waals surface area contributed by atoms with Gasteiger partial charge in [0.2, 0.25) is 5.91 Å².